The van der Waals surface area contributed by atoms with Crippen LogP contribution >= 0.6 is 0 Å². The molecule has 2 aliphatic carbocycles. The monoisotopic (exact) mass is 707 g/mol. The zero-order valence-corrected chi connectivity index (χ0v) is 28.5. The number of nitrogens with one attached hydrogen (secondary N) is 3. The number of nitrogens with zero attached hydrogens (tertiary/aromatic N) is 4. The molecular formula is C36H40F3N7O5. The summed E-state index contributed by atoms with van der Waals surface area (Å²) < 4.78 is 41.9. The SMILES string of the molecule is CC(=O)c1nn2c3c(cc(NC(=O)C4CC4)cc13)CCCCCCC(=O)NC[C@@]13C[C@@H](C(=O)Nc4nc(C(F)(F)F)ccc4C)N(C(=O)C2)[C@@H]1C3. The quantitative estimate of drug-likeness (QED) is 0.318. The van der Waals surface area contributed by atoms with Gasteiger partial charge in [0.05, 0.1) is 5.52 Å². The summed E-state index contributed by atoms with van der Waals surface area (Å²) in [5, 5.41) is 13.6. The standard InChI is InChI=1S/C36H40F3N7O5/c1-19-9-12-26(36(37,38)39)42-32(19)43-34(51)25-15-35-16-27(35)46(25)29(49)17-45-31-22(7-5-3-4-6-8-28(48)40-18-35)13-23(41-33(50)21-10-11-21)14-24(31)30(44-45)20(2)47/h9,12-14,21,25,27H,3-8,10-11,15-18H2,1-2H3,(H,40,48)(H,41,50)(H,42,43,51)/t25-,27+,35-/m0/s1. The van der Waals surface area contributed by atoms with Crippen LogP contribution in [0.1, 0.15) is 92.0 Å². The van der Waals surface area contributed by atoms with Crippen molar-refractivity contribution in [3.05, 3.63) is 46.8 Å². The molecule has 1 aromatic carbocycles. The molecule has 2 bridgehead atoms. The van der Waals surface area contributed by atoms with Crippen LogP contribution in [0, 0.1) is 18.3 Å². The third-order valence-corrected chi connectivity index (χ3v) is 10.6. The van der Waals surface area contributed by atoms with E-state index >= 15 is 0 Å². The predicted molar refractivity (Wildman–Crippen MR) is 180 cm³/mol. The summed E-state index contributed by atoms with van der Waals surface area (Å²) >= 11 is 0. The van der Waals surface area contributed by atoms with E-state index in [1.165, 1.54) is 29.5 Å². The zero-order valence-electron chi connectivity index (χ0n) is 28.5. The van der Waals surface area contributed by atoms with E-state index in [0.717, 1.165) is 43.7 Å². The van der Waals surface area contributed by atoms with Gasteiger partial charge in [0.2, 0.25) is 23.6 Å². The zero-order chi connectivity index (χ0) is 36.2. The van der Waals surface area contributed by atoms with Gasteiger partial charge in [0.25, 0.3) is 0 Å². The van der Waals surface area contributed by atoms with Crippen molar-refractivity contribution in [2.75, 3.05) is 17.2 Å². The second-order valence-corrected chi connectivity index (χ2v) is 14.5. The van der Waals surface area contributed by atoms with E-state index in [2.05, 4.69) is 26.0 Å². The maximum Gasteiger partial charge on any atom is 0.433 e. The molecule has 0 radical (unpaired) electrons. The van der Waals surface area contributed by atoms with Crippen LogP contribution in [0.2, 0.25) is 0 Å². The van der Waals surface area contributed by atoms with E-state index in [1.807, 2.05) is 6.07 Å². The van der Waals surface area contributed by atoms with E-state index in [1.54, 1.807) is 6.07 Å². The van der Waals surface area contributed by atoms with Gasteiger partial charge in [0.1, 0.15) is 29.8 Å². The molecule has 4 aliphatic rings. The molecular weight excluding hydrogens is 667 g/mol. The Balaban J connectivity index is 1.25. The van der Waals surface area contributed by atoms with Crippen LogP contribution in [-0.2, 0) is 38.3 Å². The Labute approximate surface area is 291 Å². The molecule has 12 nitrogen and oxygen atoms in total. The van der Waals surface area contributed by atoms with Crippen LogP contribution in [0.5, 0.6) is 0 Å². The van der Waals surface area contributed by atoms with Gasteiger partial charge in [-0.2, -0.15) is 18.3 Å². The molecule has 4 amide bonds. The Kier molecular flexibility index (Phi) is 8.86. The van der Waals surface area contributed by atoms with Crippen LogP contribution in [0.25, 0.3) is 10.9 Å². The molecule has 3 fully saturated rings. The van der Waals surface area contributed by atoms with Crippen LogP contribution < -0.4 is 16.0 Å². The number of amides is 4. The summed E-state index contributed by atoms with van der Waals surface area (Å²) in [7, 11) is 0. The van der Waals surface area contributed by atoms with E-state index in [-0.39, 0.29) is 54.5 Å². The summed E-state index contributed by atoms with van der Waals surface area (Å²) in [5.41, 5.74) is 0.677. The number of alkyl halides is 3. The molecule has 51 heavy (non-hydrogen) atoms. The number of carbonyl (C=O) groups is 5. The van der Waals surface area contributed by atoms with Gasteiger partial charge in [-0.15, -0.1) is 0 Å². The third kappa shape index (κ3) is 6.94. The first kappa shape index (κ1) is 34.6. The molecule has 4 heterocycles. The van der Waals surface area contributed by atoms with Gasteiger partial charge in [-0.25, -0.2) is 4.98 Å². The van der Waals surface area contributed by atoms with Crippen molar-refractivity contribution in [3.8, 4) is 0 Å². The lowest BCUT2D eigenvalue weighted by Gasteiger charge is -2.27. The van der Waals surface area contributed by atoms with Crippen molar-refractivity contribution in [3.63, 3.8) is 0 Å². The number of rotatable bonds is 5. The Bertz CT molecular complexity index is 1950. The van der Waals surface area contributed by atoms with Gasteiger partial charge in [-0.3, -0.25) is 28.7 Å². The number of Topliss-reactive ketones (excluding diaryl/α,β-unsaturated/α-hetero) is 1. The number of benzene rings is 1. The summed E-state index contributed by atoms with van der Waals surface area (Å²) in [6.07, 6.45) is 1.66. The van der Waals surface area contributed by atoms with Gasteiger partial charge in [-0.1, -0.05) is 18.9 Å². The van der Waals surface area contributed by atoms with Crippen molar-refractivity contribution < 1.29 is 37.1 Å². The minimum absolute atomic E-state index is 0.0370. The highest BCUT2D eigenvalue weighted by Gasteiger charge is 2.67. The van der Waals surface area contributed by atoms with E-state index in [9.17, 15) is 37.1 Å². The number of anilines is 2. The van der Waals surface area contributed by atoms with Gasteiger partial charge in [-0.05, 0) is 81.2 Å². The number of aryl methyl sites for hydroxylation is 2. The lowest BCUT2D eigenvalue weighted by atomic mass is 9.98. The molecule has 1 saturated heterocycles. The molecule has 7 rings (SSSR count). The van der Waals surface area contributed by atoms with Crippen LogP contribution in [-0.4, -0.2) is 67.7 Å². The Morgan fingerprint density at radius 3 is 2.43 bits per heavy atom. The number of aromatic nitrogens is 3. The number of pyridine rings is 1. The fraction of sp³-hybridized carbons (Fsp3) is 0.528. The number of hydrogen-bond donors (Lipinski definition) is 3. The van der Waals surface area contributed by atoms with Crippen molar-refractivity contribution in [2.45, 2.75) is 103 Å². The Morgan fingerprint density at radius 2 is 1.73 bits per heavy atom. The van der Waals surface area contributed by atoms with Gasteiger partial charge in [0.15, 0.2) is 5.78 Å². The molecule has 3 atom stereocenters. The van der Waals surface area contributed by atoms with Crippen molar-refractivity contribution in [1.29, 1.82) is 0 Å². The molecule has 15 heteroatoms. The molecule has 0 unspecified atom stereocenters. The van der Waals surface area contributed by atoms with Crippen LogP contribution in [0.3, 0.4) is 0 Å². The van der Waals surface area contributed by atoms with Crippen LogP contribution in [0.4, 0.5) is 24.7 Å². The van der Waals surface area contributed by atoms with E-state index < -0.39 is 41.2 Å². The maximum absolute atomic E-state index is 14.4. The smallest absolute Gasteiger partial charge is 0.355 e. The predicted octanol–water partition coefficient (Wildman–Crippen LogP) is 4.93. The molecule has 270 valence electrons. The summed E-state index contributed by atoms with van der Waals surface area (Å²) in [6, 6.07) is 4.18. The van der Waals surface area contributed by atoms with E-state index in [4.69, 9.17) is 0 Å². The van der Waals surface area contributed by atoms with Gasteiger partial charge in [0, 0.05) is 48.3 Å². The normalized spacial score (nSPS) is 24.1. The van der Waals surface area contributed by atoms with E-state index in [0.29, 0.717) is 47.8 Å². The second-order valence-electron chi connectivity index (χ2n) is 14.5. The Morgan fingerprint density at radius 1 is 0.980 bits per heavy atom. The lowest BCUT2D eigenvalue weighted by molar-refractivity contribution is -0.141. The Hall–Kier alpha value is -4.82. The largest absolute Gasteiger partial charge is 0.433 e. The second kappa shape index (κ2) is 13.1. The fourth-order valence-electron chi connectivity index (χ4n) is 7.64. The van der Waals surface area contributed by atoms with Crippen molar-refractivity contribution >= 4 is 51.8 Å². The molecule has 2 aliphatic heterocycles. The van der Waals surface area contributed by atoms with Gasteiger partial charge < -0.3 is 20.9 Å². The van der Waals surface area contributed by atoms with Crippen molar-refractivity contribution in [1.82, 2.24) is 25.0 Å². The summed E-state index contributed by atoms with van der Waals surface area (Å²) in [4.78, 5) is 71.7. The number of carbonyl (C=O) groups excluding carboxylic acids is 5. The first-order valence-electron chi connectivity index (χ1n) is 17.5. The topological polar surface area (TPSA) is 155 Å². The highest BCUT2D eigenvalue weighted by atomic mass is 19.4. The molecule has 0 spiro atoms. The molecule has 3 aromatic rings. The summed E-state index contributed by atoms with van der Waals surface area (Å²) in [5.74, 6) is -1.95. The lowest BCUT2D eigenvalue weighted by Crippen LogP contribution is -2.47. The first-order chi connectivity index (χ1) is 24.2. The van der Waals surface area contributed by atoms with Crippen LogP contribution in [0.15, 0.2) is 24.3 Å². The van der Waals surface area contributed by atoms with Crippen molar-refractivity contribution in [2.24, 2.45) is 11.3 Å². The maximum atomic E-state index is 14.4. The molecule has 2 aromatic heterocycles. The minimum atomic E-state index is -4.72. The highest BCUT2D eigenvalue weighted by Crippen LogP contribution is 2.59. The average Bonchev–Trinajstić information content (AvgIpc) is 3.98. The average molecular weight is 708 g/mol. The minimum Gasteiger partial charge on any atom is -0.355 e. The third-order valence-electron chi connectivity index (χ3n) is 10.6. The number of halogens is 3. The first-order valence-corrected chi connectivity index (χ1v) is 17.5. The number of hydrogen-bond acceptors (Lipinski definition) is 7. The highest BCUT2D eigenvalue weighted by molar-refractivity contribution is 6.08. The molecule has 3 N–H and O–H groups in total. The number of piperidine rings is 1. The molecule has 2 saturated carbocycles. The van der Waals surface area contributed by atoms with Gasteiger partial charge >= 0.3 is 6.18 Å². The number of ketones is 1. The summed E-state index contributed by atoms with van der Waals surface area (Å²) in [6.45, 7) is 2.86. The fourth-order valence-corrected chi connectivity index (χ4v) is 7.64.